The van der Waals surface area contributed by atoms with Crippen molar-refractivity contribution in [3.63, 3.8) is 0 Å². The lowest BCUT2D eigenvalue weighted by atomic mass is 10.1. The number of amides is 1. The summed E-state index contributed by atoms with van der Waals surface area (Å²) in [7, 11) is 1.05. The predicted octanol–water partition coefficient (Wildman–Crippen LogP) is -0.953. The first kappa shape index (κ1) is 10.9. The fourth-order valence-electron chi connectivity index (χ4n) is 0.780. The molecule has 0 heterocycles. The van der Waals surface area contributed by atoms with Gasteiger partial charge in [-0.25, -0.2) is 4.79 Å². The van der Waals surface area contributed by atoms with Crippen LogP contribution >= 0.6 is 0 Å². The van der Waals surface area contributed by atoms with Crippen LogP contribution in [0.3, 0.4) is 0 Å². The zero-order valence-corrected chi connectivity index (χ0v) is 9.04. The van der Waals surface area contributed by atoms with E-state index in [2.05, 4.69) is 0 Å². The lowest BCUT2D eigenvalue weighted by Gasteiger charge is -1.98. The minimum atomic E-state index is -1.05. The maximum Gasteiger partial charge on any atom is 0.331 e. The molecule has 5 heteroatoms. The van der Waals surface area contributed by atoms with Crippen molar-refractivity contribution in [3.05, 3.63) is 11.6 Å². The minimum Gasteiger partial charge on any atom is -0.478 e. The Morgan fingerprint density at radius 1 is 1.50 bits per heavy atom. The number of nitrogens with two attached hydrogens (primary N) is 1. The Labute approximate surface area is 73.9 Å². The first-order valence-electron chi connectivity index (χ1n) is 3.81. The van der Waals surface area contributed by atoms with Gasteiger partial charge in [-0.3, -0.25) is 4.79 Å². The van der Waals surface area contributed by atoms with Crippen molar-refractivity contribution in [2.75, 3.05) is 0 Å². The second-order valence-electron chi connectivity index (χ2n) is 2.48. The summed E-state index contributed by atoms with van der Waals surface area (Å²) in [5.74, 6) is -1.75. The predicted molar refractivity (Wildman–Crippen MR) is 48.9 cm³/mol. The third-order valence-corrected chi connectivity index (χ3v) is 2.10. The lowest BCUT2D eigenvalue weighted by Crippen LogP contribution is -2.11. The molecule has 0 saturated carbocycles. The molecule has 0 aliphatic carbocycles. The van der Waals surface area contributed by atoms with E-state index in [1.54, 1.807) is 0 Å². The van der Waals surface area contributed by atoms with Crippen LogP contribution < -0.4 is 5.73 Å². The Kier molecular flexibility index (Phi) is 5.03. The zero-order valence-electron chi connectivity index (χ0n) is 7.04. The Balaban J connectivity index is 4.23. The van der Waals surface area contributed by atoms with E-state index in [1.807, 2.05) is 0 Å². The van der Waals surface area contributed by atoms with Crippen molar-refractivity contribution in [2.45, 2.75) is 18.9 Å². The second kappa shape index (κ2) is 5.53. The molecular formula is C7H13NO3Si. The van der Waals surface area contributed by atoms with Crippen LogP contribution in [0.25, 0.3) is 0 Å². The van der Waals surface area contributed by atoms with E-state index >= 15 is 0 Å². The van der Waals surface area contributed by atoms with Crippen LogP contribution in [0, 0.1) is 0 Å². The molecule has 4 nitrogen and oxygen atoms in total. The van der Waals surface area contributed by atoms with Crippen LogP contribution in [0.1, 0.15) is 12.8 Å². The maximum absolute atomic E-state index is 10.5. The van der Waals surface area contributed by atoms with Crippen LogP contribution in [0.15, 0.2) is 11.6 Å². The molecule has 0 radical (unpaired) electrons. The van der Waals surface area contributed by atoms with Crippen LogP contribution in [0.4, 0.5) is 0 Å². The highest BCUT2D eigenvalue weighted by molar-refractivity contribution is 6.08. The standard InChI is InChI=1S/C7H13NO3Si/c8-6(9)4-5(7(10)11)2-1-3-12/h4H,1-3H2,12H3,(H2,8,9)(H,10,11)/b5-4-. The molecule has 68 valence electrons. The van der Waals surface area contributed by atoms with Gasteiger partial charge in [0.15, 0.2) is 0 Å². The summed E-state index contributed by atoms with van der Waals surface area (Å²) in [5, 5.41) is 8.58. The number of carboxylic acid groups (broad SMARTS) is 1. The average Bonchev–Trinajstić information content (AvgIpc) is 1.96. The van der Waals surface area contributed by atoms with E-state index in [1.165, 1.54) is 0 Å². The highest BCUT2D eigenvalue weighted by Gasteiger charge is 2.07. The van der Waals surface area contributed by atoms with Gasteiger partial charge in [0.25, 0.3) is 0 Å². The van der Waals surface area contributed by atoms with Gasteiger partial charge in [-0.2, -0.15) is 0 Å². The maximum atomic E-state index is 10.5. The molecule has 0 fully saturated rings. The van der Waals surface area contributed by atoms with Gasteiger partial charge >= 0.3 is 5.97 Å². The summed E-state index contributed by atoms with van der Waals surface area (Å²) in [6, 6.07) is 1.03. The van der Waals surface area contributed by atoms with Crippen molar-refractivity contribution in [2.24, 2.45) is 5.73 Å². The smallest absolute Gasteiger partial charge is 0.331 e. The van der Waals surface area contributed by atoms with Gasteiger partial charge in [-0.15, -0.1) is 0 Å². The number of rotatable bonds is 5. The zero-order chi connectivity index (χ0) is 9.56. The Hall–Kier alpha value is -1.10. The summed E-state index contributed by atoms with van der Waals surface area (Å²) >= 11 is 0. The first-order valence-corrected chi connectivity index (χ1v) is 5.22. The van der Waals surface area contributed by atoms with Gasteiger partial charge in [0, 0.05) is 21.9 Å². The van der Waals surface area contributed by atoms with E-state index < -0.39 is 11.9 Å². The number of aliphatic carboxylic acids is 1. The van der Waals surface area contributed by atoms with Gasteiger partial charge in [-0.05, 0) is 6.42 Å². The van der Waals surface area contributed by atoms with Crippen LogP contribution in [-0.2, 0) is 9.59 Å². The van der Waals surface area contributed by atoms with Crippen molar-refractivity contribution >= 4 is 22.1 Å². The molecule has 0 aromatic rings. The number of hydrogen-bond acceptors (Lipinski definition) is 2. The van der Waals surface area contributed by atoms with Crippen LogP contribution in [0.2, 0.25) is 6.04 Å². The van der Waals surface area contributed by atoms with Gasteiger partial charge in [0.1, 0.15) is 0 Å². The third kappa shape index (κ3) is 4.67. The third-order valence-electron chi connectivity index (χ3n) is 1.39. The quantitative estimate of drug-likeness (QED) is 0.430. The van der Waals surface area contributed by atoms with Crippen molar-refractivity contribution in [1.82, 2.24) is 0 Å². The highest BCUT2D eigenvalue weighted by atomic mass is 28.1. The SMILES string of the molecule is NC(=O)/C=C(/CCC[SiH3])C(=O)O. The van der Waals surface area contributed by atoms with Crippen LogP contribution in [-0.4, -0.2) is 27.2 Å². The summed E-state index contributed by atoms with van der Waals surface area (Å²) in [6.45, 7) is 0. The molecule has 0 saturated heterocycles. The number of carbonyl (C=O) groups is 2. The molecule has 3 N–H and O–H groups in total. The summed E-state index contributed by atoms with van der Waals surface area (Å²) < 4.78 is 0. The molecule has 0 unspecified atom stereocenters. The van der Waals surface area contributed by atoms with Crippen molar-refractivity contribution < 1.29 is 14.7 Å². The molecule has 12 heavy (non-hydrogen) atoms. The monoisotopic (exact) mass is 187 g/mol. The number of carboxylic acids is 1. The minimum absolute atomic E-state index is 0.110. The molecule has 0 spiro atoms. The molecule has 0 bridgehead atoms. The number of primary amides is 1. The normalized spacial score (nSPS) is 11.5. The molecule has 0 aliphatic rings. The number of hydrogen-bond donors (Lipinski definition) is 2. The Morgan fingerprint density at radius 3 is 2.42 bits per heavy atom. The fraction of sp³-hybridized carbons (Fsp3) is 0.429. The molecule has 0 aliphatic heterocycles. The van der Waals surface area contributed by atoms with E-state index in [0.29, 0.717) is 6.42 Å². The van der Waals surface area contributed by atoms with Gasteiger partial charge in [0.05, 0.1) is 0 Å². The fourth-order valence-corrected chi connectivity index (χ4v) is 1.13. The van der Waals surface area contributed by atoms with E-state index in [-0.39, 0.29) is 5.57 Å². The topological polar surface area (TPSA) is 80.4 Å². The lowest BCUT2D eigenvalue weighted by molar-refractivity contribution is -0.133. The van der Waals surface area contributed by atoms with Crippen LogP contribution in [0.5, 0.6) is 0 Å². The molecule has 0 rings (SSSR count). The Bertz CT molecular complexity index is 213. The Morgan fingerprint density at radius 2 is 2.08 bits per heavy atom. The van der Waals surface area contributed by atoms with Gasteiger partial charge in [0.2, 0.25) is 5.91 Å². The van der Waals surface area contributed by atoms with E-state index in [0.717, 1.165) is 28.8 Å². The average molecular weight is 187 g/mol. The van der Waals surface area contributed by atoms with E-state index in [4.69, 9.17) is 10.8 Å². The summed E-state index contributed by atoms with van der Waals surface area (Å²) in [6.07, 6.45) is 2.24. The molecule has 0 aromatic heterocycles. The van der Waals surface area contributed by atoms with Gasteiger partial charge in [-0.1, -0.05) is 12.5 Å². The largest absolute Gasteiger partial charge is 0.478 e. The van der Waals surface area contributed by atoms with E-state index in [9.17, 15) is 9.59 Å². The summed E-state index contributed by atoms with van der Waals surface area (Å²) in [4.78, 5) is 20.8. The molecule has 1 amide bonds. The first-order chi connectivity index (χ1) is 5.57. The number of carbonyl (C=O) groups excluding carboxylic acids is 1. The van der Waals surface area contributed by atoms with Crippen molar-refractivity contribution in [1.29, 1.82) is 0 Å². The molecule has 0 atom stereocenters. The van der Waals surface area contributed by atoms with Gasteiger partial charge < -0.3 is 10.8 Å². The molecular weight excluding hydrogens is 174 g/mol. The highest BCUT2D eigenvalue weighted by Crippen LogP contribution is 2.06. The molecule has 0 aromatic carbocycles. The summed E-state index contributed by atoms with van der Waals surface area (Å²) in [5.41, 5.74) is 4.94. The van der Waals surface area contributed by atoms with Crippen molar-refractivity contribution in [3.8, 4) is 0 Å². The second-order valence-corrected chi connectivity index (χ2v) is 3.48.